The predicted octanol–water partition coefficient (Wildman–Crippen LogP) is 4.56. The molecule has 3 rings (SSSR count). The second-order valence-electron chi connectivity index (χ2n) is 7.49. The van der Waals surface area contributed by atoms with Gasteiger partial charge in [-0.25, -0.2) is 0 Å². The van der Waals surface area contributed by atoms with E-state index < -0.39 is 0 Å². The fourth-order valence-corrected chi connectivity index (χ4v) is 3.87. The van der Waals surface area contributed by atoms with Gasteiger partial charge >= 0.3 is 0 Å². The largest absolute Gasteiger partial charge is 0.490 e. The number of halogens is 1. The van der Waals surface area contributed by atoms with Crippen molar-refractivity contribution in [2.75, 3.05) is 32.3 Å². The van der Waals surface area contributed by atoms with E-state index in [0.29, 0.717) is 46.8 Å². The minimum atomic E-state index is -0.378. The van der Waals surface area contributed by atoms with Crippen LogP contribution < -0.4 is 20.3 Å². The van der Waals surface area contributed by atoms with Gasteiger partial charge in [-0.3, -0.25) is 14.9 Å². The van der Waals surface area contributed by atoms with Gasteiger partial charge in [0.2, 0.25) is 0 Å². The molecule has 0 aliphatic rings. The lowest BCUT2D eigenvalue weighted by molar-refractivity contribution is 0.0949. The van der Waals surface area contributed by atoms with Crippen molar-refractivity contribution in [1.82, 2.24) is 10.6 Å². The molecule has 0 saturated carbocycles. The Morgan fingerprint density at radius 2 is 1.69 bits per heavy atom. The number of carbonyl (C=O) groups excluding carboxylic acids is 2. The van der Waals surface area contributed by atoms with Crippen LogP contribution in [0.3, 0.4) is 0 Å². The summed E-state index contributed by atoms with van der Waals surface area (Å²) in [6.45, 7) is 1.26. The van der Waals surface area contributed by atoms with Crippen LogP contribution in [0.5, 0.6) is 5.75 Å². The van der Waals surface area contributed by atoms with Crippen LogP contribution in [0.1, 0.15) is 26.3 Å². The van der Waals surface area contributed by atoms with Crippen molar-refractivity contribution in [3.8, 4) is 5.75 Å². The summed E-state index contributed by atoms with van der Waals surface area (Å²) in [5, 5.41) is 5.81. The molecule has 0 bridgehead atoms. The average Bonchev–Trinajstić information content (AvgIpc) is 2.88. The maximum absolute atomic E-state index is 12.9. The molecule has 0 aromatic heterocycles. The van der Waals surface area contributed by atoms with E-state index in [4.69, 9.17) is 21.7 Å². The second-order valence-corrected chi connectivity index (χ2v) is 8.73. The number of nitrogens with one attached hydrogen (secondary N) is 2. The Bertz CT molecular complexity index is 1190. The maximum atomic E-state index is 12.9. The van der Waals surface area contributed by atoms with Crippen molar-refractivity contribution < 1.29 is 19.1 Å². The van der Waals surface area contributed by atoms with Gasteiger partial charge in [0, 0.05) is 26.3 Å². The molecule has 2 amide bonds. The molecule has 2 N–H and O–H groups in total. The third-order valence-corrected chi connectivity index (χ3v) is 6.07. The molecular weight excluding hydrogens is 530 g/mol. The van der Waals surface area contributed by atoms with E-state index in [9.17, 15) is 9.59 Å². The van der Waals surface area contributed by atoms with Crippen LogP contribution in [0.2, 0.25) is 0 Å². The molecule has 0 spiro atoms. The molecule has 0 saturated heterocycles. The third kappa shape index (κ3) is 7.35. The van der Waals surface area contributed by atoms with Crippen molar-refractivity contribution in [1.29, 1.82) is 0 Å². The summed E-state index contributed by atoms with van der Waals surface area (Å²) in [7, 11) is 3.30. The SMILES string of the molecule is COCCOc1ccc(C(=O)NC(=S)N(C)c2ccccc2C(=O)NCc2ccccc2)cc1Br. The van der Waals surface area contributed by atoms with Crippen LogP contribution in [0.4, 0.5) is 5.69 Å². The molecule has 0 aliphatic heterocycles. The quantitative estimate of drug-likeness (QED) is 0.297. The first-order chi connectivity index (χ1) is 16.9. The highest BCUT2D eigenvalue weighted by Gasteiger charge is 2.19. The maximum Gasteiger partial charge on any atom is 0.257 e. The summed E-state index contributed by atoms with van der Waals surface area (Å²) >= 11 is 8.89. The number of rotatable bonds is 9. The lowest BCUT2D eigenvalue weighted by Crippen LogP contribution is -2.41. The number of hydrogen-bond acceptors (Lipinski definition) is 5. The first-order valence-corrected chi connectivity index (χ1v) is 12.0. The van der Waals surface area contributed by atoms with E-state index in [1.165, 1.54) is 0 Å². The number of hydrogen-bond donors (Lipinski definition) is 2. The van der Waals surface area contributed by atoms with Crippen LogP contribution in [-0.2, 0) is 11.3 Å². The van der Waals surface area contributed by atoms with Crippen molar-refractivity contribution in [2.45, 2.75) is 6.54 Å². The first kappa shape index (κ1) is 26.3. The molecule has 0 fully saturated rings. The summed E-state index contributed by atoms with van der Waals surface area (Å²) in [5.74, 6) is -0.0100. The van der Waals surface area contributed by atoms with Gasteiger partial charge in [-0.2, -0.15) is 0 Å². The second kappa shape index (κ2) is 13.0. The zero-order valence-corrected chi connectivity index (χ0v) is 21.8. The van der Waals surface area contributed by atoms with Gasteiger partial charge in [-0.1, -0.05) is 42.5 Å². The van der Waals surface area contributed by atoms with E-state index in [1.807, 2.05) is 36.4 Å². The third-order valence-electron chi connectivity index (χ3n) is 5.07. The molecule has 0 unspecified atom stereocenters. The van der Waals surface area contributed by atoms with Gasteiger partial charge in [-0.05, 0) is 64.0 Å². The van der Waals surface area contributed by atoms with Crippen molar-refractivity contribution in [3.05, 3.63) is 94.0 Å². The number of anilines is 1. The number of carbonyl (C=O) groups is 2. The molecule has 3 aromatic carbocycles. The number of para-hydroxylation sites is 1. The summed E-state index contributed by atoms with van der Waals surface area (Å²) in [6, 6.07) is 21.8. The fourth-order valence-electron chi connectivity index (χ4n) is 3.19. The summed E-state index contributed by atoms with van der Waals surface area (Å²) in [4.78, 5) is 27.3. The Kier molecular flexibility index (Phi) is 9.77. The van der Waals surface area contributed by atoms with Crippen molar-refractivity contribution in [2.24, 2.45) is 0 Å². The van der Waals surface area contributed by atoms with Gasteiger partial charge in [0.1, 0.15) is 12.4 Å². The van der Waals surface area contributed by atoms with E-state index in [2.05, 4.69) is 26.6 Å². The highest BCUT2D eigenvalue weighted by Crippen LogP contribution is 2.26. The summed E-state index contributed by atoms with van der Waals surface area (Å²) in [5.41, 5.74) is 2.42. The monoisotopic (exact) mass is 555 g/mol. The number of amides is 2. The minimum Gasteiger partial charge on any atom is -0.490 e. The molecule has 3 aromatic rings. The molecule has 0 heterocycles. The summed E-state index contributed by atoms with van der Waals surface area (Å²) in [6.07, 6.45) is 0. The fraction of sp³-hybridized carbons (Fsp3) is 0.192. The normalized spacial score (nSPS) is 10.4. The molecule has 35 heavy (non-hydrogen) atoms. The molecule has 0 atom stereocenters. The van der Waals surface area contributed by atoms with E-state index in [1.54, 1.807) is 55.5 Å². The molecule has 9 heteroatoms. The Morgan fingerprint density at radius 3 is 2.40 bits per heavy atom. The van der Waals surface area contributed by atoms with E-state index >= 15 is 0 Å². The van der Waals surface area contributed by atoms with Crippen LogP contribution in [-0.4, -0.2) is 44.3 Å². The molecule has 7 nitrogen and oxygen atoms in total. The van der Waals surface area contributed by atoms with Crippen LogP contribution in [0.15, 0.2) is 77.3 Å². The van der Waals surface area contributed by atoms with Crippen LogP contribution in [0.25, 0.3) is 0 Å². The molecule has 0 radical (unpaired) electrons. The average molecular weight is 556 g/mol. The number of nitrogens with zero attached hydrogens (tertiary/aromatic N) is 1. The lowest BCUT2D eigenvalue weighted by atomic mass is 10.1. The smallest absolute Gasteiger partial charge is 0.257 e. The topological polar surface area (TPSA) is 79.9 Å². The van der Waals surface area contributed by atoms with Crippen LogP contribution in [0, 0.1) is 0 Å². The Balaban J connectivity index is 1.66. The lowest BCUT2D eigenvalue weighted by Gasteiger charge is -2.23. The summed E-state index contributed by atoms with van der Waals surface area (Å²) < 4.78 is 11.2. The Morgan fingerprint density at radius 1 is 0.971 bits per heavy atom. The van der Waals surface area contributed by atoms with Gasteiger partial charge < -0.3 is 19.7 Å². The van der Waals surface area contributed by atoms with Gasteiger partial charge in [0.05, 0.1) is 22.3 Å². The van der Waals surface area contributed by atoms with Gasteiger partial charge in [0.25, 0.3) is 11.8 Å². The molecular formula is C26H26BrN3O4S. The molecule has 0 aliphatic carbocycles. The first-order valence-electron chi connectivity index (χ1n) is 10.8. The highest BCUT2D eigenvalue weighted by atomic mass is 79.9. The zero-order chi connectivity index (χ0) is 25.2. The van der Waals surface area contributed by atoms with Crippen molar-refractivity contribution >= 4 is 50.8 Å². The van der Waals surface area contributed by atoms with E-state index in [0.717, 1.165) is 5.56 Å². The predicted molar refractivity (Wildman–Crippen MR) is 144 cm³/mol. The Hall–Kier alpha value is -3.27. The molecule has 182 valence electrons. The number of thiocarbonyl (C=S) groups is 1. The van der Waals surface area contributed by atoms with Crippen LogP contribution >= 0.6 is 28.1 Å². The van der Waals surface area contributed by atoms with Gasteiger partial charge in [-0.15, -0.1) is 0 Å². The number of methoxy groups -OCH3 is 1. The van der Waals surface area contributed by atoms with E-state index in [-0.39, 0.29) is 16.9 Å². The highest BCUT2D eigenvalue weighted by molar-refractivity contribution is 9.10. The number of benzene rings is 3. The van der Waals surface area contributed by atoms with Crippen molar-refractivity contribution in [3.63, 3.8) is 0 Å². The van der Waals surface area contributed by atoms with Gasteiger partial charge in [0.15, 0.2) is 5.11 Å². The zero-order valence-electron chi connectivity index (χ0n) is 19.4. The standard InChI is InChI=1S/C26H26BrN3O4S/c1-30(22-11-7-6-10-20(22)25(32)28-17-18-8-4-3-5-9-18)26(35)29-24(31)19-12-13-23(21(27)16-19)34-15-14-33-2/h3-13,16H,14-15,17H2,1-2H3,(H,28,32)(H,29,31,35). The Labute approximate surface area is 218 Å². The number of ether oxygens (including phenoxy) is 2. The minimum absolute atomic E-state index is 0.162.